The summed E-state index contributed by atoms with van der Waals surface area (Å²) in [4.78, 5) is 25.2. The zero-order valence-electron chi connectivity index (χ0n) is 16.4. The van der Waals surface area contributed by atoms with Crippen molar-refractivity contribution >= 4 is 28.3 Å². The van der Waals surface area contributed by atoms with Gasteiger partial charge in [0.2, 0.25) is 0 Å². The molecular formula is C20H21F2N7O. The van der Waals surface area contributed by atoms with Crippen LogP contribution in [0, 0.1) is 11.7 Å². The third-order valence-electron chi connectivity index (χ3n) is 5.52. The first-order valence-electron chi connectivity index (χ1n) is 9.82. The number of aryl methyl sites for hydroxylation is 1. The van der Waals surface area contributed by atoms with Crippen LogP contribution in [0.2, 0.25) is 0 Å². The van der Waals surface area contributed by atoms with Crippen molar-refractivity contribution < 1.29 is 13.6 Å². The number of nitrogens with zero attached hydrogens (tertiary/aromatic N) is 6. The van der Waals surface area contributed by atoms with E-state index >= 15 is 0 Å². The lowest BCUT2D eigenvalue weighted by atomic mass is 9.98. The van der Waals surface area contributed by atoms with E-state index < -0.39 is 17.9 Å². The maximum absolute atomic E-state index is 14.2. The Morgan fingerprint density at radius 1 is 1.20 bits per heavy atom. The molecule has 2 aliphatic rings. The summed E-state index contributed by atoms with van der Waals surface area (Å²) in [5, 5.41) is 7.30. The molecule has 2 fully saturated rings. The van der Waals surface area contributed by atoms with Gasteiger partial charge < -0.3 is 10.2 Å². The highest BCUT2D eigenvalue weighted by atomic mass is 19.1. The largest absolute Gasteiger partial charge is 0.355 e. The lowest BCUT2D eigenvalue weighted by Crippen LogP contribution is -2.57. The molecule has 0 bridgehead atoms. The molecule has 2 saturated heterocycles. The van der Waals surface area contributed by atoms with Gasteiger partial charge in [0.1, 0.15) is 23.2 Å². The number of anilines is 2. The first-order chi connectivity index (χ1) is 14.4. The first kappa shape index (κ1) is 18.9. The number of nitrogens with one attached hydrogen (secondary N) is 1. The molecule has 8 nitrogen and oxygen atoms in total. The van der Waals surface area contributed by atoms with Crippen LogP contribution < -0.4 is 10.2 Å². The Morgan fingerprint density at radius 3 is 2.70 bits per heavy atom. The minimum Gasteiger partial charge on any atom is -0.355 e. The molecule has 5 rings (SSSR count). The van der Waals surface area contributed by atoms with Gasteiger partial charge in [-0.1, -0.05) is 0 Å². The molecule has 2 aliphatic heterocycles. The molecule has 0 spiro atoms. The van der Waals surface area contributed by atoms with Gasteiger partial charge in [-0.25, -0.2) is 18.7 Å². The van der Waals surface area contributed by atoms with Crippen LogP contribution in [0.1, 0.15) is 10.5 Å². The molecule has 0 atom stereocenters. The Labute approximate surface area is 171 Å². The number of fused-ring (bicyclic) bond motifs is 1. The van der Waals surface area contributed by atoms with E-state index in [1.54, 1.807) is 25.5 Å². The van der Waals surface area contributed by atoms with Crippen molar-refractivity contribution in [2.45, 2.75) is 6.17 Å². The lowest BCUT2D eigenvalue weighted by molar-refractivity contribution is 0.0473. The molecular weight excluding hydrogens is 392 g/mol. The standard InChI is InChI=1S/C20H21F2N7O/c1-27-9-13-2-15(3-16(22)19(13)26-27)25-20(30)17-4-24-18(5-23-17)29-7-12(8-29)6-28-10-14(21)11-28/h2-5,9,12,14H,6-8,10-11H2,1H3,(H,25,30). The monoisotopic (exact) mass is 413 g/mol. The molecule has 2 aromatic heterocycles. The van der Waals surface area contributed by atoms with Gasteiger partial charge in [0.25, 0.3) is 5.91 Å². The van der Waals surface area contributed by atoms with Gasteiger partial charge in [0.05, 0.1) is 12.4 Å². The van der Waals surface area contributed by atoms with E-state index in [0.29, 0.717) is 35.9 Å². The van der Waals surface area contributed by atoms with Gasteiger partial charge in [0.15, 0.2) is 5.82 Å². The second-order valence-corrected chi connectivity index (χ2v) is 8.00. The summed E-state index contributed by atoms with van der Waals surface area (Å²) in [5.74, 6) is 0.242. The van der Waals surface area contributed by atoms with E-state index in [1.807, 2.05) is 0 Å². The van der Waals surface area contributed by atoms with Crippen molar-refractivity contribution in [1.29, 1.82) is 0 Å². The Bertz CT molecular complexity index is 1090. The summed E-state index contributed by atoms with van der Waals surface area (Å²) in [6.07, 6.45) is 3.99. The van der Waals surface area contributed by atoms with Gasteiger partial charge in [-0.15, -0.1) is 0 Å². The fraction of sp³-hybridized carbons (Fsp3) is 0.400. The second kappa shape index (κ2) is 7.28. The number of hydrogen-bond donors (Lipinski definition) is 1. The van der Waals surface area contributed by atoms with Crippen molar-refractivity contribution in [3.05, 3.63) is 42.2 Å². The van der Waals surface area contributed by atoms with E-state index in [1.165, 1.54) is 16.9 Å². The summed E-state index contributed by atoms with van der Waals surface area (Å²) in [6.45, 7) is 3.67. The Kier molecular flexibility index (Phi) is 4.58. The quantitative estimate of drug-likeness (QED) is 0.688. The fourth-order valence-electron chi connectivity index (χ4n) is 3.97. The number of halogens is 2. The zero-order chi connectivity index (χ0) is 20.8. The first-order valence-corrected chi connectivity index (χ1v) is 9.82. The van der Waals surface area contributed by atoms with Crippen molar-refractivity contribution in [1.82, 2.24) is 24.6 Å². The summed E-state index contributed by atoms with van der Waals surface area (Å²) < 4.78 is 28.6. The number of amides is 1. The molecule has 156 valence electrons. The molecule has 10 heteroatoms. The van der Waals surface area contributed by atoms with E-state index in [-0.39, 0.29) is 11.2 Å². The average molecular weight is 413 g/mol. The smallest absolute Gasteiger partial charge is 0.275 e. The van der Waals surface area contributed by atoms with Crippen molar-refractivity contribution in [2.24, 2.45) is 13.0 Å². The molecule has 1 N–H and O–H groups in total. The summed E-state index contributed by atoms with van der Waals surface area (Å²) in [7, 11) is 1.71. The fourth-order valence-corrected chi connectivity index (χ4v) is 3.97. The number of carbonyl (C=O) groups excluding carboxylic acids is 1. The van der Waals surface area contributed by atoms with Crippen LogP contribution in [0.3, 0.4) is 0 Å². The number of rotatable bonds is 5. The Balaban J connectivity index is 1.19. The number of hydrogen-bond acceptors (Lipinski definition) is 6. The maximum Gasteiger partial charge on any atom is 0.275 e. The molecule has 0 radical (unpaired) electrons. The zero-order valence-corrected chi connectivity index (χ0v) is 16.4. The number of alkyl halides is 1. The molecule has 0 aliphatic carbocycles. The van der Waals surface area contributed by atoms with E-state index in [4.69, 9.17) is 0 Å². The SMILES string of the molecule is Cn1cc2cc(NC(=O)c3cnc(N4CC(CN5CC(F)C5)C4)cn3)cc(F)c2n1. The van der Waals surface area contributed by atoms with E-state index in [0.717, 1.165) is 19.6 Å². The van der Waals surface area contributed by atoms with Crippen molar-refractivity contribution in [3.63, 3.8) is 0 Å². The highest BCUT2D eigenvalue weighted by Gasteiger charge is 2.34. The third kappa shape index (κ3) is 3.58. The molecule has 0 saturated carbocycles. The normalized spacial score (nSPS) is 17.8. The number of likely N-dealkylation sites (tertiary alicyclic amines) is 1. The molecule has 3 aromatic rings. The second-order valence-electron chi connectivity index (χ2n) is 8.00. The lowest BCUT2D eigenvalue weighted by Gasteiger charge is -2.45. The minimum absolute atomic E-state index is 0.150. The van der Waals surface area contributed by atoms with E-state index in [2.05, 4.69) is 30.2 Å². The topological polar surface area (TPSA) is 79.2 Å². The molecule has 30 heavy (non-hydrogen) atoms. The van der Waals surface area contributed by atoms with Crippen LogP contribution in [0.4, 0.5) is 20.3 Å². The van der Waals surface area contributed by atoms with Crippen LogP contribution in [0.25, 0.3) is 10.9 Å². The van der Waals surface area contributed by atoms with Crippen LogP contribution in [-0.2, 0) is 7.05 Å². The molecule has 1 aromatic carbocycles. The van der Waals surface area contributed by atoms with Crippen molar-refractivity contribution in [2.75, 3.05) is 42.9 Å². The highest BCUT2D eigenvalue weighted by Crippen LogP contribution is 2.25. The number of carbonyl (C=O) groups is 1. The maximum atomic E-state index is 14.2. The molecule has 1 amide bonds. The van der Waals surface area contributed by atoms with Crippen LogP contribution in [0.5, 0.6) is 0 Å². The van der Waals surface area contributed by atoms with E-state index in [9.17, 15) is 13.6 Å². The number of benzene rings is 1. The van der Waals surface area contributed by atoms with Gasteiger partial charge >= 0.3 is 0 Å². The predicted molar refractivity (Wildman–Crippen MR) is 108 cm³/mol. The Morgan fingerprint density at radius 2 is 2.00 bits per heavy atom. The van der Waals surface area contributed by atoms with Crippen LogP contribution >= 0.6 is 0 Å². The average Bonchev–Trinajstić information content (AvgIpc) is 3.03. The van der Waals surface area contributed by atoms with Gasteiger partial charge in [-0.05, 0) is 12.1 Å². The summed E-state index contributed by atoms with van der Waals surface area (Å²) in [6, 6.07) is 2.90. The molecule has 0 unspecified atom stereocenters. The molecule has 4 heterocycles. The minimum atomic E-state index is -0.673. The third-order valence-corrected chi connectivity index (χ3v) is 5.52. The highest BCUT2D eigenvalue weighted by molar-refractivity contribution is 6.03. The predicted octanol–water partition coefficient (Wildman–Crippen LogP) is 1.84. The Hall–Kier alpha value is -3.14. The van der Waals surface area contributed by atoms with Crippen molar-refractivity contribution in [3.8, 4) is 0 Å². The van der Waals surface area contributed by atoms with Crippen LogP contribution in [-0.4, -0.2) is 69.5 Å². The van der Waals surface area contributed by atoms with Gasteiger partial charge in [0, 0.05) is 63.0 Å². The summed E-state index contributed by atoms with van der Waals surface area (Å²) >= 11 is 0. The summed E-state index contributed by atoms with van der Waals surface area (Å²) in [5.41, 5.74) is 0.735. The van der Waals surface area contributed by atoms with Gasteiger partial charge in [-0.2, -0.15) is 5.10 Å². The number of aromatic nitrogens is 4. The van der Waals surface area contributed by atoms with Gasteiger partial charge in [-0.3, -0.25) is 14.4 Å². The van der Waals surface area contributed by atoms with Crippen LogP contribution in [0.15, 0.2) is 30.7 Å².